The first kappa shape index (κ1) is 19.7. The molecule has 0 aliphatic rings. The van der Waals surface area contributed by atoms with Gasteiger partial charge in [-0.1, -0.05) is 103 Å². The van der Waals surface area contributed by atoms with Crippen LogP contribution in [0.5, 0.6) is 0 Å². The SMILES string of the molecule is C=CCCCCCC(C)CCCCCCCCCCC. The van der Waals surface area contributed by atoms with Crippen molar-refractivity contribution >= 4 is 0 Å². The maximum atomic E-state index is 3.78. The zero-order valence-corrected chi connectivity index (χ0v) is 14.5. The lowest BCUT2D eigenvalue weighted by molar-refractivity contribution is 0.434. The van der Waals surface area contributed by atoms with E-state index in [1.807, 2.05) is 6.08 Å². The van der Waals surface area contributed by atoms with Gasteiger partial charge in [-0.15, -0.1) is 6.58 Å². The van der Waals surface area contributed by atoms with Crippen molar-refractivity contribution in [2.45, 2.75) is 110 Å². The third-order valence-corrected chi connectivity index (χ3v) is 4.41. The summed E-state index contributed by atoms with van der Waals surface area (Å²) in [5.41, 5.74) is 0. The summed E-state index contributed by atoms with van der Waals surface area (Å²) in [6.45, 7) is 8.51. The van der Waals surface area contributed by atoms with E-state index in [0.717, 1.165) is 5.92 Å². The predicted molar refractivity (Wildman–Crippen MR) is 94.3 cm³/mol. The van der Waals surface area contributed by atoms with E-state index < -0.39 is 0 Å². The van der Waals surface area contributed by atoms with E-state index >= 15 is 0 Å². The van der Waals surface area contributed by atoms with Crippen molar-refractivity contribution in [3.8, 4) is 0 Å². The molecule has 0 saturated heterocycles. The van der Waals surface area contributed by atoms with Crippen molar-refractivity contribution in [3.63, 3.8) is 0 Å². The lowest BCUT2D eigenvalue weighted by Crippen LogP contribution is -1.95. The van der Waals surface area contributed by atoms with Gasteiger partial charge in [-0.25, -0.2) is 0 Å². The van der Waals surface area contributed by atoms with E-state index in [4.69, 9.17) is 0 Å². The second kappa shape index (κ2) is 16.8. The van der Waals surface area contributed by atoms with E-state index in [1.54, 1.807) is 0 Å². The van der Waals surface area contributed by atoms with Crippen molar-refractivity contribution in [2.75, 3.05) is 0 Å². The molecule has 0 heterocycles. The Bertz CT molecular complexity index is 182. The van der Waals surface area contributed by atoms with Gasteiger partial charge in [0.2, 0.25) is 0 Å². The topological polar surface area (TPSA) is 0 Å². The van der Waals surface area contributed by atoms with Crippen LogP contribution in [0.1, 0.15) is 110 Å². The normalized spacial score (nSPS) is 12.5. The lowest BCUT2D eigenvalue weighted by Gasteiger charge is -2.10. The van der Waals surface area contributed by atoms with Gasteiger partial charge < -0.3 is 0 Å². The van der Waals surface area contributed by atoms with Crippen LogP contribution in [0.25, 0.3) is 0 Å². The summed E-state index contributed by atoms with van der Waals surface area (Å²) in [6.07, 6.45) is 23.4. The second-order valence-corrected chi connectivity index (χ2v) is 6.65. The number of unbranched alkanes of at least 4 members (excludes halogenated alkanes) is 11. The van der Waals surface area contributed by atoms with Gasteiger partial charge in [0.15, 0.2) is 0 Å². The molecule has 0 aromatic rings. The molecule has 0 fully saturated rings. The zero-order valence-electron chi connectivity index (χ0n) is 14.5. The average Bonchev–Trinajstić information content (AvgIpc) is 2.45. The fourth-order valence-electron chi connectivity index (χ4n) is 2.91. The third kappa shape index (κ3) is 15.8. The summed E-state index contributed by atoms with van der Waals surface area (Å²) in [6, 6.07) is 0. The average molecular weight is 281 g/mol. The molecule has 0 radical (unpaired) electrons. The lowest BCUT2D eigenvalue weighted by atomic mass is 9.96. The second-order valence-electron chi connectivity index (χ2n) is 6.65. The summed E-state index contributed by atoms with van der Waals surface area (Å²) in [4.78, 5) is 0. The van der Waals surface area contributed by atoms with Crippen LogP contribution in [-0.4, -0.2) is 0 Å². The number of hydrogen-bond acceptors (Lipinski definition) is 0. The van der Waals surface area contributed by atoms with Gasteiger partial charge in [-0.05, 0) is 18.8 Å². The zero-order chi connectivity index (χ0) is 14.9. The quantitative estimate of drug-likeness (QED) is 0.201. The molecule has 0 aliphatic carbocycles. The molecule has 1 atom stereocenters. The van der Waals surface area contributed by atoms with Crippen LogP contribution in [0.3, 0.4) is 0 Å². The number of hydrogen-bond donors (Lipinski definition) is 0. The Labute approximate surface area is 129 Å². The molecule has 0 bridgehead atoms. The standard InChI is InChI=1S/C20H40/c1-4-6-8-10-11-12-13-15-17-19-20(3)18-16-14-9-7-5-2/h5,20H,2,4,6-19H2,1,3H3. The molecule has 0 aliphatic heterocycles. The highest BCUT2D eigenvalue weighted by Gasteiger charge is 2.01. The summed E-state index contributed by atoms with van der Waals surface area (Å²) >= 11 is 0. The molecule has 0 spiro atoms. The first-order chi connectivity index (χ1) is 9.81. The van der Waals surface area contributed by atoms with Gasteiger partial charge in [-0.2, -0.15) is 0 Å². The first-order valence-corrected chi connectivity index (χ1v) is 9.42. The van der Waals surface area contributed by atoms with Crippen LogP contribution in [-0.2, 0) is 0 Å². The maximum Gasteiger partial charge on any atom is -0.0353 e. The molecule has 0 aromatic carbocycles. The molecule has 1 unspecified atom stereocenters. The van der Waals surface area contributed by atoms with E-state index in [9.17, 15) is 0 Å². The number of rotatable bonds is 16. The molecule has 0 nitrogen and oxygen atoms in total. The highest BCUT2D eigenvalue weighted by Crippen LogP contribution is 2.18. The Morgan fingerprint density at radius 3 is 1.65 bits per heavy atom. The van der Waals surface area contributed by atoms with Crippen LogP contribution < -0.4 is 0 Å². The minimum atomic E-state index is 0.947. The van der Waals surface area contributed by atoms with E-state index in [2.05, 4.69) is 20.4 Å². The van der Waals surface area contributed by atoms with Gasteiger partial charge in [0.25, 0.3) is 0 Å². The van der Waals surface area contributed by atoms with Gasteiger partial charge in [0, 0.05) is 0 Å². The molecule has 120 valence electrons. The van der Waals surface area contributed by atoms with Crippen LogP contribution >= 0.6 is 0 Å². The van der Waals surface area contributed by atoms with E-state index in [1.165, 1.54) is 96.3 Å². The van der Waals surface area contributed by atoms with Crippen molar-refractivity contribution in [2.24, 2.45) is 5.92 Å². The Morgan fingerprint density at radius 2 is 1.15 bits per heavy atom. The van der Waals surface area contributed by atoms with Crippen LogP contribution in [0, 0.1) is 5.92 Å². The van der Waals surface area contributed by atoms with Crippen molar-refractivity contribution in [1.82, 2.24) is 0 Å². The Kier molecular flexibility index (Phi) is 16.6. The minimum absolute atomic E-state index is 0.947. The van der Waals surface area contributed by atoms with Crippen molar-refractivity contribution in [1.29, 1.82) is 0 Å². The monoisotopic (exact) mass is 280 g/mol. The molecule has 0 amide bonds. The molecular weight excluding hydrogens is 240 g/mol. The molecule has 0 N–H and O–H groups in total. The summed E-state index contributed by atoms with van der Waals surface area (Å²) in [5, 5.41) is 0. The van der Waals surface area contributed by atoms with E-state index in [-0.39, 0.29) is 0 Å². The molecule has 0 aromatic heterocycles. The molecule has 0 saturated carbocycles. The van der Waals surface area contributed by atoms with Crippen LogP contribution in [0.2, 0.25) is 0 Å². The summed E-state index contributed by atoms with van der Waals surface area (Å²) in [7, 11) is 0. The smallest absolute Gasteiger partial charge is 0.0353 e. The Balaban J connectivity index is 3.11. The van der Waals surface area contributed by atoms with Crippen molar-refractivity contribution in [3.05, 3.63) is 12.7 Å². The molecule has 20 heavy (non-hydrogen) atoms. The number of allylic oxidation sites excluding steroid dienone is 1. The summed E-state index contributed by atoms with van der Waals surface area (Å²) < 4.78 is 0. The molecular formula is C20H40. The largest absolute Gasteiger partial charge is 0.103 e. The maximum absolute atomic E-state index is 3.78. The highest BCUT2D eigenvalue weighted by molar-refractivity contribution is 4.65. The van der Waals surface area contributed by atoms with Gasteiger partial charge in [0.05, 0.1) is 0 Å². The molecule has 0 heteroatoms. The molecule has 0 rings (SSSR count). The fourth-order valence-corrected chi connectivity index (χ4v) is 2.91. The van der Waals surface area contributed by atoms with Gasteiger partial charge >= 0.3 is 0 Å². The minimum Gasteiger partial charge on any atom is -0.103 e. The van der Waals surface area contributed by atoms with Crippen molar-refractivity contribution < 1.29 is 0 Å². The third-order valence-electron chi connectivity index (χ3n) is 4.41. The first-order valence-electron chi connectivity index (χ1n) is 9.42. The van der Waals surface area contributed by atoms with Gasteiger partial charge in [-0.3, -0.25) is 0 Å². The van der Waals surface area contributed by atoms with E-state index in [0.29, 0.717) is 0 Å². The highest BCUT2D eigenvalue weighted by atomic mass is 14.1. The Hall–Kier alpha value is -0.260. The van der Waals surface area contributed by atoms with Crippen LogP contribution in [0.15, 0.2) is 12.7 Å². The van der Waals surface area contributed by atoms with Crippen LogP contribution in [0.4, 0.5) is 0 Å². The Morgan fingerprint density at radius 1 is 0.700 bits per heavy atom. The predicted octanol–water partition coefficient (Wildman–Crippen LogP) is 7.68. The van der Waals surface area contributed by atoms with Gasteiger partial charge in [0.1, 0.15) is 0 Å². The summed E-state index contributed by atoms with van der Waals surface area (Å²) in [5.74, 6) is 0.947. The fraction of sp³-hybridized carbons (Fsp3) is 0.900.